The first-order valence-corrected chi connectivity index (χ1v) is 10.8. The standard InChI is InChI=1S/C18H37N5O9/c19-3-9-8(25)2-7(22)17(29-9)31-15-5(20)1-6(21)16(14(15)28)32-18-13(27)11(23)12(26)10(4-24)30-18/h5-18,24-28H,1-4,19-23H2/t5-,6-,7-,8+,9?,10?,11-,12-,13-,14?,15-,16?,17+,18-/m1/s1. The molecule has 1 saturated carbocycles. The summed E-state index contributed by atoms with van der Waals surface area (Å²) in [6.07, 6.45) is -10.8. The van der Waals surface area contributed by atoms with E-state index in [9.17, 15) is 25.5 Å². The van der Waals surface area contributed by atoms with Crippen LogP contribution in [0.15, 0.2) is 0 Å². The Morgan fingerprint density at radius 3 is 1.84 bits per heavy atom. The molecule has 0 aromatic rings. The summed E-state index contributed by atoms with van der Waals surface area (Å²) in [6.45, 7) is -0.499. The van der Waals surface area contributed by atoms with Crippen molar-refractivity contribution in [1.82, 2.24) is 0 Å². The second kappa shape index (κ2) is 10.8. The Kier molecular flexibility index (Phi) is 8.79. The largest absolute Gasteiger partial charge is 0.394 e. The van der Waals surface area contributed by atoms with E-state index in [2.05, 4.69) is 0 Å². The molecule has 4 unspecified atom stereocenters. The Balaban J connectivity index is 1.70. The summed E-state index contributed by atoms with van der Waals surface area (Å²) in [5.74, 6) is 0. The molecule has 2 aliphatic heterocycles. The van der Waals surface area contributed by atoms with Crippen LogP contribution in [-0.4, -0.2) is 124 Å². The average Bonchev–Trinajstić information content (AvgIpc) is 2.75. The molecule has 2 saturated heterocycles. The van der Waals surface area contributed by atoms with Crippen LogP contribution in [0.5, 0.6) is 0 Å². The molecule has 14 heteroatoms. The van der Waals surface area contributed by atoms with Crippen molar-refractivity contribution >= 4 is 0 Å². The molecule has 14 atom stereocenters. The lowest BCUT2D eigenvalue weighted by atomic mass is 9.84. The first-order valence-electron chi connectivity index (χ1n) is 10.8. The first-order chi connectivity index (χ1) is 15.1. The third kappa shape index (κ3) is 5.24. The van der Waals surface area contributed by atoms with Gasteiger partial charge in [0.15, 0.2) is 12.6 Å². The molecule has 1 aliphatic carbocycles. The van der Waals surface area contributed by atoms with E-state index in [1.165, 1.54) is 0 Å². The van der Waals surface area contributed by atoms with E-state index in [1.807, 2.05) is 0 Å². The zero-order valence-electron chi connectivity index (χ0n) is 17.7. The molecule has 32 heavy (non-hydrogen) atoms. The van der Waals surface area contributed by atoms with Crippen LogP contribution in [-0.2, 0) is 18.9 Å². The zero-order chi connectivity index (χ0) is 23.7. The second-order valence-corrected chi connectivity index (χ2v) is 8.78. The van der Waals surface area contributed by atoms with Crippen molar-refractivity contribution in [2.75, 3.05) is 13.2 Å². The average molecular weight is 468 g/mol. The van der Waals surface area contributed by atoms with E-state index >= 15 is 0 Å². The van der Waals surface area contributed by atoms with E-state index in [0.717, 1.165) is 0 Å². The van der Waals surface area contributed by atoms with Crippen molar-refractivity contribution in [3.8, 4) is 0 Å². The second-order valence-electron chi connectivity index (χ2n) is 8.78. The summed E-state index contributed by atoms with van der Waals surface area (Å²) < 4.78 is 22.7. The van der Waals surface area contributed by atoms with E-state index < -0.39 is 92.2 Å². The number of rotatable bonds is 6. The van der Waals surface area contributed by atoms with E-state index in [-0.39, 0.29) is 19.4 Å². The van der Waals surface area contributed by atoms with Gasteiger partial charge in [-0.1, -0.05) is 0 Å². The van der Waals surface area contributed by atoms with Gasteiger partial charge in [0.25, 0.3) is 0 Å². The van der Waals surface area contributed by atoms with Gasteiger partial charge in [-0.05, 0) is 12.8 Å². The lowest BCUT2D eigenvalue weighted by molar-refractivity contribution is -0.314. The lowest BCUT2D eigenvalue weighted by Gasteiger charge is -2.47. The van der Waals surface area contributed by atoms with Gasteiger partial charge in [0.2, 0.25) is 0 Å². The Morgan fingerprint density at radius 1 is 0.719 bits per heavy atom. The first kappa shape index (κ1) is 26.1. The van der Waals surface area contributed by atoms with Crippen LogP contribution in [0.3, 0.4) is 0 Å². The topological polar surface area (TPSA) is 268 Å². The maximum absolute atomic E-state index is 11.0. The molecule has 2 heterocycles. The quantitative estimate of drug-likeness (QED) is 0.174. The highest BCUT2D eigenvalue weighted by Crippen LogP contribution is 2.30. The minimum Gasteiger partial charge on any atom is -0.394 e. The smallest absolute Gasteiger partial charge is 0.186 e. The molecular weight excluding hydrogens is 430 g/mol. The Morgan fingerprint density at radius 2 is 1.28 bits per heavy atom. The molecule has 3 aliphatic rings. The normalized spacial score (nSPS) is 52.7. The maximum Gasteiger partial charge on any atom is 0.186 e. The maximum atomic E-state index is 11.0. The van der Waals surface area contributed by atoms with Crippen molar-refractivity contribution in [3.63, 3.8) is 0 Å². The minimum absolute atomic E-state index is 0.0542. The fraction of sp³-hybridized carbons (Fsp3) is 1.00. The number of hydrogen-bond acceptors (Lipinski definition) is 14. The zero-order valence-corrected chi connectivity index (χ0v) is 17.7. The van der Waals surface area contributed by atoms with Crippen molar-refractivity contribution in [1.29, 1.82) is 0 Å². The van der Waals surface area contributed by atoms with Gasteiger partial charge < -0.3 is 73.1 Å². The van der Waals surface area contributed by atoms with Crippen molar-refractivity contribution in [2.24, 2.45) is 28.7 Å². The molecule has 0 aromatic heterocycles. The third-order valence-electron chi connectivity index (χ3n) is 6.41. The van der Waals surface area contributed by atoms with Crippen molar-refractivity contribution in [3.05, 3.63) is 0 Å². The SMILES string of the molecule is NCC1O[C@@H](O[C@H]2C(O)C(O[C@H]3OC(CO)[C@@H](O)[C@@H](N)[C@H]3O)[C@H](N)C[C@H]2N)[C@H](N)C[C@@H]1O. The van der Waals surface area contributed by atoms with E-state index in [1.54, 1.807) is 0 Å². The highest BCUT2D eigenvalue weighted by Gasteiger charge is 2.50. The number of hydrogen-bond donors (Lipinski definition) is 10. The van der Waals surface area contributed by atoms with Gasteiger partial charge in [-0.3, -0.25) is 0 Å². The summed E-state index contributed by atoms with van der Waals surface area (Å²) >= 11 is 0. The van der Waals surface area contributed by atoms with Crippen LogP contribution in [0.4, 0.5) is 0 Å². The lowest BCUT2D eigenvalue weighted by Crippen LogP contribution is -2.68. The molecule has 3 rings (SSSR count). The number of aliphatic hydroxyl groups excluding tert-OH is 5. The molecular formula is C18H37N5O9. The highest BCUT2D eigenvalue weighted by molar-refractivity contribution is 5.01. The monoisotopic (exact) mass is 467 g/mol. The molecule has 0 bridgehead atoms. The fourth-order valence-electron chi connectivity index (χ4n) is 4.43. The molecule has 15 N–H and O–H groups in total. The summed E-state index contributed by atoms with van der Waals surface area (Å²) in [7, 11) is 0. The Labute approximate surface area is 185 Å². The summed E-state index contributed by atoms with van der Waals surface area (Å²) in [4.78, 5) is 0. The van der Waals surface area contributed by atoms with Crippen LogP contribution in [0.2, 0.25) is 0 Å². The van der Waals surface area contributed by atoms with Crippen molar-refractivity contribution < 1.29 is 44.5 Å². The Bertz CT molecular complexity index is 607. The summed E-state index contributed by atoms with van der Waals surface area (Å²) in [5.41, 5.74) is 29.8. The van der Waals surface area contributed by atoms with Crippen LogP contribution < -0.4 is 28.7 Å². The fourth-order valence-corrected chi connectivity index (χ4v) is 4.43. The van der Waals surface area contributed by atoms with Gasteiger partial charge in [0.05, 0.1) is 30.9 Å². The van der Waals surface area contributed by atoms with Gasteiger partial charge in [0, 0.05) is 18.6 Å². The molecule has 0 amide bonds. The number of ether oxygens (including phenoxy) is 4. The Hall–Kier alpha value is -0.560. The van der Waals surface area contributed by atoms with Crippen LogP contribution in [0.1, 0.15) is 12.8 Å². The van der Waals surface area contributed by atoms with E-state index in [0.29, 0.717) is 0 Å². The van der Waals surface area contributed by atoms with Gasteiger partial charge >= 0.3 is 0 Å². The van der Waals surface area contributed by atoms with Crippen LogP contribution in [0, 0.1) is 0 Å². The van der Waals surface area contributed by atoms with Crippen molar-refractivity contribution in [2.45, 2.75) is 98.4 Å². The molecule has 0 spiro atoms. The number of aliphatic hydroxyl groups is 5. The predicted octanol–water partition coefficient (Wildman–Crippen LogP) is -6.30. The van der Waals surface area contributed by atoms with Gasteiger partial charge in [0.1, 0.15) is 36.6 Å². The summed E-state index contributed by atoms with van der Waals surface area (Å²) in [5, 5.41) is 50.7. The number of nitrogens with two attached hydrogens (primary N) is 5. The van der Waals surface area contributed by atoms with Gasteiger partial charge in [-0.2, -0.15) is 0 Å². The molecule has 0 radical (unpaired) electrons. The van der Waals surface area contributed by atoms with Gasteiger partial charge in [-0.15, -0.1) is 0 Å². The van der Waals surface area contributed by atoms with E-state index in [4.69, 9.17) is 47.6 Å². The third-order valence-corrected chi connectivity index (χ3v) is 6.41. The summed E-state index contributed by atoms with van der Waals surface area (Å²) in [6, 6.07) is -3.27. The highest BCUT2D eigenvalue weighted by atomic mass is 16.7. The minimum atomic E-state index is -1.44. The predicted molar refractivity (Wildman–Crippen MR) is 108 cm³/mol. The molecule has 0 aromatic carbocycles. The molecule has 188 valence electrons. The van der Waals surface area contributed by atoms with Crippen LogP contribution in [0.25, 0.3) is 0 Å². The molecule has 14 nitrogen and oxygen atoms in total. The van der Waals surface area contributed by atoms with Crippen LogP contribution >= 0.6 is 0 Å². The van der Waals surface area contributed by atoms with Gasteiger partial charge in [-0.25, -0.2) is 0 Å². The molecule has 3 fully saturated rings.